The van der Waals surface area contributed by atoms with Crippen LogP contribution in [0.3, 0.4) is 0 Å². The van der Waals surface area contributed by atoms with Crippen molar-refractivity contribution >= 4 is 5.97 Å². The molecule has 2 unspecified atom stereocenters. The number of rotatable bonds is 0. The summed E-state index contributed by atoms with van der Waals surface area (Å²) in [6, 6.07) is 0. The third kappa shape index (κ3) is 2.15. The number of allylic oxidation sites excluding steroid dienone is 1. The molecule has 0 spiro atoms. The molecule has 1 aliphatic heterocycles. The van der Waals surface area contributed by atoms with Crippen molar-refractivity contribution in [3.63, 3.8) is 0 Å². The van der Waals surface area contributed by atoms with Crippen LogP contribution in [0.4, 0.5) is 0 Å². The number of hydrogen-bond donors (Lipinski definition) is 0. The average Bonchev–Trinajstić information content (AvgIpc) is 2.01. The van der Waals surface area contributed by atoms with Crippen LogP contribution >= 0.6 is 0 Å². The van der Waals surface area contributed by atoms with Crippen LogP contribution in [-0.2, 0) is 14.3 Å². The van der Waals surface area contributed by atoms with Gasteiger partial charge in [-0.2, -0.15) is 0 Å². The predicted molar refractivity (Wildman–Crippen MR) is 53.6 cm³/mol. The molecule has 0 saturated carbocycles. The van der Waals surface area contributed by atoms with Crippen LogP contribution in [0.2, 0.25) is 0 Å². The molecule has 0 aromatic rings. The predicted octanol–water partition coefficient (Wildman–Crippen LogP) is 2.27. The maximum Gasteiger partial charge on any atom is 0.338 e. The maximum atomic E-state index is 11.5. The van der Waals surface area contributed by atoms with Crippen LogP contribution in [0.5, 0.6) is 0 Å². The van der Waals surface area contributed by atoms with Gasteiger partial charge in [0, 0.05) is 5.41 Å². The van der Waals surface area contributed by atoms with Crippen molar-refractivity contribution in [1.82, 2.24) is 0 Å². The van der Waals surface area contributed by atoms with E-state index in [1.165, 1.54) is 0 Å². The minimum atomic E-state index is -0.450. The van der Waals surface area contributed by atoms with Crippen LogP contribution < -0.4 is 0 Å². The largest absolute Gasteiger partial charge is 0.432 e. The molecule has 0 bridgehead atoms. The molecular formula is C11H18O3. The summed E-state index contributed by atoms with van der Waals surface area (Å²) in [5.41, 5.74) is 0.425. The number of esters is 1. The normalized spacial score (nSPS) is 31.8. The summed E-state index contributed by atoms with van der Waals surface area (Å²) in [5, 5.41) is 0. The van der Waals surface area contributed by atoms with Gasteiger partial charge >= 0.3 is 5.97 Å². The first-order valence-corrected chi connectivity index (χ1v) is 4.89. The van der Waals surface area contributed by atoms with Gasteiger partial charge in [-0.25, -0.2) is 4.79 Å². The van der Waals surface area contributed by atoms with Crippen molar-refractivity contribution in [2.45, 2.75) is 47.0 Å². The summed E-state index contributed by atoms with van der Waals surface area (Å²) in [7, 11) is 0. The van der Waals surface area contributed by atoms with Gasteiger partial charge in [0.2, 0.25) is 6.29 Å². The molecule has 1 aliphatic rings. The summed E-state index contributed by atoms with van der Waals surface area (Å²) in [4.78, 5) is 11.5. The summed E-state index contributed by atoms with van der Waals surface area (Å²) in [5.74, 6) is -0.258. The lowest BCUT2D eigenvalue weighted by Gasteiger charge is -2.36. The van der Waals surface area contributed by atoms with Crippen LogP contribution in [0.15, 0.2) is 11.6 Å². The van der Waals surface area contributed by atoms with E-state index in [-0.39, 0.29) is 17.5 Å². The molecule has 0 aliphatic carbocycles. The van der Waals surface area contributed by atoms with E-state index in [0.717, 1.165) is 0 Å². The minimum absolute atomic E-state index is 0.175. The second-order valence-corrected chi connectivity index (χ2v) is 4.63. The number of cyclic esters (lactones) is 1. The van der Waals surface area contributed by atoms with Gasteiger partial charge in [0.25, 0.3) is 0 Å². The van der Waals surface area contributed by atoms with E-state index in [0.29, 0.717) is 5.57 Å². The third-order valence-electron chi connectivity index (χ3n) is 2.23. The quantitative estimate of drug-likeness (QED) is 0.442. The van der Waals surface area contributed by atoms with Crippen molar-refractivity contribution in [2.75, 3.05) is 0 Å². The maximum absolute atomic E-state index is 11.5. The Hall–Kier alpha value is -0.830. The summed E-state index contributed by atoms with van der Waals surface area (Å²) in [6.07, 6.45) is 1.12. The highest BCUT2D eigenvalue weighted by Gasteiger charge is 2.37. The zero-order valence-corrected chi connectivity index (χ0v) is 9.46. The minimum Gasteiger partial charge on any atom is -0.432 e. The molecule has 0 N–H and O–H groups in total. The number of carbonyl (C=O) groups is 1. The van der Waals surface area contributed by atoms with E-state index < -0.39 is 6.29 Å². The Balaban J connectivity index is 2.81. The van der Waals surface area contributed by atoms with E-state index in [1.54, 1.807) is 6.08 Å². The molecule has 1 rings (SSSR count). The van der Waals surface area contributed by atoms with Gasteiger partial charge < -0.3 is 9.47 Å². The Labute approximate surface area is 85.1 Å². The topological polar surface area (TPSA) is 35.5 Å². The Kier molecular flexibility index (Phi) is 3.00. The first kappa shape index (κ1) is 11.2. The molecule has 0 aromatic heterocycles. The summed E-state index contributed by atoms with van der Waals surface area (Å²) < 4.78 is 10.8. The Morgan fingerprint density at radius 1 is 1.36 bits per heavy atom. The molecule has 1 fully saturated rings. The van der Waals surface area contributed by atoms with Crippen LogP contribution in [0.25, 0.3) is 0 Å². The molecule has 2 atom stereocenters. The van der Waals surface area contributed by atoms with Gasteiger partial charge in [-0.05, 0) is 13.8 Å². The van der Waals surface area contributed by atoms with Crippen LogP contribution in [-0.4, -0.2) is 18.4 Å². The van der Waals surface area contributed by atoms with Gasteiger partial charge in [-0.15, -0.1) is 0 Å². The fourth-order valence-electron chi connectivity index (χ4n) is 1.35. The zero-order chi connectivity index (χ0) is 10.9. The van der Waals surface area contributed by atoms with Crippen molar-refractivity contribution in [1.29, 1.82) is 0 Å². The van der Waals surface area contributed by atoms with Crippen molar-refractivity contribution < 1.29 is 14.3 Å². The van der Waals surface area contributed by atoms with Gasteiger partial charge in [-0.3, -0.25) is 0 Å². The van der Waals surface area contributed by atoms with E-state index >= 15 is 0 Å². The van der Waals surface area contributed by atoms with E-state index in [1.807, 2.05) is 34.6 Å². The average molecular weight is 198 g/mol. The molecule has 1 saturated heterocycles. The van der Waals surface area contributed by atoms with Gasteiger partial charge in [0.15, 0.2) is 0 Å². The molecule has 0 radical (unpaired) electrons. The second-order valence-electron chi connectivity index (χ2n) is 4.63. The second kappa shape index (κ2) is 3.73. The monoisotopic (exact) mass is 198 g/mol. The smallest absolute Gasteiger partial charge is 0.338 e. The number of ether oxygens (including phenoxy) is 2. The molecule has 14 heavy (non-hydrogen) atoms. The SMILES string of the molecule is C/C=C1\C(=O)OC(C(C)(C)C)OC1C. The van der Waals surface area contributed by atoms with E-state index in [2.05, 4.69) is 0 Å². The molecule has 3 nitrogen and oxygen atoms in total. The third-order valence-corrected chi connectivity index (χ3v) is 2.23. The van der Waals surface area contributed by atoms with Gasteiger partial charge in [0.05, 0.1) is 11.7 Å². The lowest BCUT2D eigenvalue weighted by Crippen LogP contribution is -2.43. The molecular weight excluding hydrogens is 180 g/mol. The van der Waals surface area contributed by atoms with Crippen molar-refractivity contribution in [3.05, 3.63) is 11.6 Å². The van der Waals surface area contributed by atoms with Crippen molar-refractivity contribution in [2.24, 2.45) is 5.41 Å². The lowest BCUT2D eigenvalue weighted by atomic mass is 9.94. The standard InChI is InChI=1S/C11H18O3/c1-6-8-7(2)13-10(11(3,4)5)14-9(8)12/h6-7,10H,1-5H3/b8-6-. The zero-order valence-electron chi connectivity index (χ0n) is 9.46. The lowest BCUT2D eigenvalue weighted by molar-refractivity contribution is -0.225. The fourth-order valence-corrected chi connectivity index (χ4v) is 1.35. The first-order valence-electron chi connectivity index (χ1n) is 4.89. The number of hydrogen-bond acceptors (Lipinski definition) is 3. The Morgan fingerprint density at radius 3 is 2.29 bits per heavy atom. The van der Waals surface area contributed by atoms with E-state index in [9.17, 15) is 4.79 Å². The molecule has 0 amide bonds. The Morgan fingerprint density at radius 2 is 1.93 bits per heavy atom. The first-order chi connectivity index (χ1) is 6.36. The van der Waals surface area contributed by atoms with Crippen LogP contribution in [0.1, 0.15) is 34.6 Å². The highest BCUT2D eigenvalue weighted by molar-refractivity contribution is 5.90. The summed E-state index contributed by atoms with van der Waals surface area (Å²) >= 11 is 0. The van der Waals surface area contributed by atoms with Crippen LogP contribution in [0, 0.1) is 5.41 Å². The molecule has 0 aromatic carbocycles. The Bertz CT molecular complexity index is 260. The highest BCUT2D eigenvalue weighted by atomic mass is 16.7. The molecule has 80 valence electrons. The van der Waals surface area contributed by atoms with Gasteiger partial charge in [-0.1, -0.05) is 26.8 Å². The highest BCUT2D eigenvalue weighted by Crippen LogP contribution is 2.30. The van der Waals surface area contributed by atoms with Gasteiger partial charge in [0.1, 0.15) is 0 Å². The molecule has 3 heteroatoms. The fraction of sp³-hybridized carbons (Fsp3) is 0.727. The van der Waals surface area contributed by atoms with Crippen molar-refractivity contribution in [3.8, 4) is 0 Å². The number of carbonyl (C=O) groups excluding carboxylic acids is 1. The summed E-state index contributed by atoms with van der Waals surface area (Å²) in [6.45, 7) is 9.64. The van der Waals surface area contributed by atoms with E-state index in [4.69, 9.17) is 9.47 Å². The molecule has 1 heterocycles.